The average Bonchev–Trinajstić information content (AvgIpc) is 3.40. The SMILES string of the molecule is C#CCNC(=O)c1csc(-c2c(-c3ccc(F)cc3)n[nH]c2C2CCNCC2)n1. The summed E-state index contributed by atoms with van der Waals surface area (Å²) in [6.45, 7) is 2.03. The number of halogens is 1. The van der Waals surface area contributed by atoms with E-state index in [9.17, 15) is 9.18 Å². The number of amides is 1. The number of carbonyl (C=O) groups is 1. The maximum absolute atomic E-state index is 13.4. The first kappa shape index (κ1) is 19.3. The highest BCUT2D eigenvalue weighted by molar-refractivity contribution is 7.13. The van der Waals surface area contributed by atoms with Crippen LogP contribution in [-0.2, 0) is 0 Å². The fraction of sp³-hybridized carbons (Fsp3) is 0.286. The summed E-state index contributed by atoms with van der Waals surface area (Å²) in [5.74, 6) is 2.09. The van der Waals surface area contributed by atoms with E-state index in [2.05, 4.69) is 31.7 Å². The molecule has 3 aromatic rings. The quantitative estimate of drug-likeness (QED) is 0.566. The lowest BCUT2D eigenvalue weighted by atomic mass is 9.91. The summed E-state index contributed by atoms with van der Waals surface area (Å²) >= 11 is 1.39. The largest absolute Gasteiger partial charge is 0.340 e. The van der Waals surface area contributed by atoms with Crippen LogP contribution in [0.1, 0.15) is 34.9 Å². The van der Waals surface area contributed by atoms with Gasteiger partial charge in [0, 0.05) is 22.6 Å². The molecule has 1 aliphatic heterocycles. The van der Waals surface area contributed by atoms with Gasteiger partial charge in [0.1, 0.15) is 22.2 Å². The number of hydrogen-bond donors (Lipinski definition) is 3. The van der Waals surface area contributed by atoms with E-state index < -0.39 is 0 Å². The Kier molecular flexibility index (Phi) is 5.69. The molecule has 1 aromatic carbocycles. The van der Waals surface area contributed by atoms with E-state index in [4.69, 9.17) is 6.42 Å². The van der Waals surface area contributed by atoms with Crippen LogP contribution >= 0.6 is 11.3 Å². The number of aromatic nitrogens is 3. The van der Waals surface area contributed by atoms with Gasteiger partial charge in [0.25, 0.3) is 5.91 Å². The van der Waals surface area contributed by atoms with Gasteiger partial charge in [-0.3, -0.25) is 9.89 Å². The van der Waals surface area contributed by atoms with Crippen LogP contribution in [0.4, 0.5) is 4.39 Å². The van der Waals surface area contributed by atoms with Crippen LogP contribution in [0.15, 0.2) is 29.6 Å². The lowest BCUT2D eigenvalue weighted by Gasteiger charge is -2.22. The molecule has 3 heterocycles. The topological polar surface area (TPSA) is 82.7 Å². The van der Waals surface area contributed by atoms with Gasteiger partial charge in [-0.15, -0.1) is 17.8 Å². The summed E-state index contributed by atoms with van der Waals surface area (Å²) in [6, 6.07) is 6.24. The summed E-state index contributed by atoms with van der Waals surface area (Å²) in [6.07, 6.45) is 7.18. The lowest BCUT2D eigenvalue weighted by molar-refractivity contribution is 0.0954. The molecule has 3 N–H and O–H groups in total. The first-order valence-corrected chi connectivity index (χ1v) is 10.3. The Morgan fingerprint density at radius 3 is 2.79 bits per heavy atom. The fourth-order valence-electron chi connectivity index (χ4n) is 3.51. The number of aromatic amines is 1. The van der Waals surface area contributed by atoms with Crippen LogP contribution in [0.2, 0.25) is 0 Å². The van der Waals surface area contributed by atoms with E-state index in [1.54, 1.807) is 17.5 Å². The fourth-order valence-corrected chi connectivity index (χ4v) is 4.37. The third kappa shape index (κ3) is 4.06. The van der Waals surface area contributed by atoms with Gasteiger partial charge in [-0.2, -0.15) is 5.10 Å². The van der Waals surface area contributed by atoms with Crippen LogP contribution in [-0.4, -0.2) is 40.7 Å². The first-order chi connectivity index (χ1) is 14.2. The van der Waals surface area contributed by atoms with Crippen molar-refractivity contribution in [2.45, 2.75) is 18.8 Å². The molecule has 148 valence electrons. The molecule has 0 unspecified atom stereocenters. The van der Waals surface area contributed by atoms with Gasteiger partial charge in [0.05, 0.1) is 12.1 Å². The summed E-state index contributed by atoms with van der Waals surface area (Å²) < 4.78 is 13.4. The van der Waals surface area contributed by atoms with Crippen molar-refractivity contribution in [2.75, 3.05) is 19.6 Å². The second-order valence-corrected chi connectivity index (χ2v) is 7.67. The molecule has 4 rings (SSSR count). The molecule has 1 saturated heterocycles. The van der Waals surface area contributed by atoms with E-state index in [0.29, 0.717) is 22.3 Å². The van der Waals surface area contributed by atoms with E-state index in [1.165, 1.54) is 23.5 Å². The Morgan fingerprint density at radius 1 is 1.31 bits per heavy atom. The van der Waals surface area contributed by atoms with Crippen molar-refractivity contribution >= 4 is 17.2 Å². The Hall–Kier alpha value is -3.02. The van der Waals surface area contributed by atoms with Crippen LogP contribution in [0, 0.1) is 18.2 Å². The molecule has 2 aromatic heterocycles. The summed E-state index contributed by atoms with van der Waals surface area (Å²) in [4.78, 5) is 16.8. The summed E-state index contributed by atoms with van der Waals surface area (Å²) in [5, 5.41) is 16.2. The summed E-state index contributed by atoms with van der Waals surface area (Å²) in [7, 11) is 0. The second-order valence-electron chi connectivity index (χ2n) is 6.82. The minimum atomic E-state index is -0.305. The van der Waals surface area contributed by atoms with Crippen LogP contribution in [0.5, 0.6) is 0 Å². The third-order valence-corrected chi connectivity index (χ3v) is 5.82. The normalized spacial score (nSPS) is 14.5. The number of thiazole rings is 1. The van der Waals surface area contributed by atoms with E-state index in [-0.39, 0.29) is 18.3 Å². The molecular formula is C21H20FN5OS. The molecule has 1 fully saturated rings. The maximum Gasteiger partial charge on any atom is 0.271 e. The molecule has 0 saturated carbocycles. The Balaban J connectivity index is 1.76. The van der Waals surface area contributed by atoms with E-state index >= 15 is 0 Å². The molecular weight excluding hydrogens is 389 g/mol. The zero-order valence-corrected chi connectivity index (χ0v) is 16.5. The van der Waals surface area contributed by atoms with Crippen LogP contribution < -0.4 is 10.6 Å². The standard InChI is InChI=1S/C21H20FN5OS/c1-2-9-24-20(28)16-12-29-21(25-16)17-18(13-3-5-15(22)6-4-13)26-27-19(17)14-7-10-23-11-8-14/h1,3-6,12,14,23H,7-11H2,(H,24,28)(H,26,27). The van der Waals surface area contributed by atoms with Crippen LogP contribution in [0.3, 0.4) is 0 Å². The minimum absolute atomic E-state index is 0.151. The maximum atomic E-state index is 13.4. The van der Waals surface area contributed by atoms with Crippen molar-refractivity contribution in [3.63, 3.8) is 0 Å². The number of H-pyrrole nitrogens is 1. The smallest absolute Gasteiger partial charge is 0.271 e. The van der Waals surface area contributed by atoms with Crippen molar-refractivity contribution in [3.05, 3.63) is 46.9 Å². The van der Waals surface area contributed by atoms with Gasteiger partial charge in [-0.05, 0) is 50.2 Å². The number of terminal acetylenes is 1. The number of nitrogens with zero attached hydrogens (tertiary/aromatic N) is 2. The molecule has 0 spiro atoms. The Morgan fingerprint density at radius 2 is 2.07 bits per heavy atom. The third-order valence-electron chi connectivity index (χ3n) is 4.96. The number of carbonyl (C=O) groups excluding carboxylic acids is 1. The molecule has 1 aliphatic rings. The van der Waals surface area contributed by atoms with Gasteiger partial charge >= 0.3 is 0 Å². The number of hydrogen-bond acceptors (Lipinski definition) is 5. The van der Waals surface area contributed by atoms with Crippen molar-refractivity contribution in [2.24, 2.45) is 0 Å². The molecule has 1 amide bonds. The van der Waals surface area contributed by atoms with Crippen LogP contribution in [0.25, 0.3) is 21.8 Å². The molecule has 0 atom stereocenters. The van der Waals surface area contributed by atoms with E-state index in [1.807, 2.05) is 0 Å². The first-order valence-electron chi connectivity index (χ1n) is 9.40. The molecule has 29 heavy (non-hydrogen) atoms. The number of rotatable bonds is 5. The van der Waals surface area contributed by atoms with Crippen molar-refractivity contribution in [3.8, 4) is 34.2 Å². The molecule has 8 heteroatoms. The van der Waals surface area contributed by atoms with Crippen molar-refractivity contribution in [1.82, 2.24) is 25.8 Å². The number of piperidine rings is 1. The summed E-state index contributed by atoms with van der Waals surface area (Å²) in [5.41, 5.74) is 3.72. The average molecular weight is 409 g/mol. The van der Waals surface area contributed by atoms with Crippen molar-refractivity contribution < 1.29 is 9.18 Å². The second kappa shape index (κ2) is 8.55. The highest BCUT2D eigenvalue weighted by atomic mass is 32.1. The zero-order valence-electron chi connectivity index (χ0n) is 15.7. The lowest BCUT2D eigenvalue weighted by Crippen LogP contribution is -2.27. The predicted octanol–water partition coefficient (Wildman–Crippen LogP) is 3.17. The highest BCUT2D eigenvalue weighted by Gasteiger charge is 2.27. The molecule has 0 radical (unpaired) electrons. The van der Waals surface area contributed by atoms with Crippen molar-refractivity contribution in [1.29, 1.82) is 0 Å². The van der Waals surface area contributed by atoms with Gasteiger partial charge in [-0.1, -0.05) is 5.92 Å². The van der Waals surface area contributed by atoms with Gasteiger partial charge in [0.15, 0.2) is 0 Å². The Labute approximate surface area is 172 Å². The monoisotopic (exact) mass is 409 g/mol. The highest BCUT2D eigenvalue weighted by Crippen LogP contribution is 2.40. The van der Waals surface area contributed by atoms with E-state index in [0.717, 1.165) is 42.8 Å². The number of benzene rings is 1. The molecule has 0 aliphatic carbocycles. The van der Waals surface area contributed by atoms with Gasteiger partial charge in [0.2, 0.25) is 0 Å². The zero-order chi connectivity index (χ0) is 20.2. The molecule has 0 bridgehead atoms. The van der Waals surface area contributed by atoms with Gasteiger partial charge in [-0.25, -0.2) is 9.37 Å². The molecule has 6 nitrogen and oxygen atoms in total. The predicted molar refractivity (Wildman–Crippen MR) is 111 cm³/mol. The minimum Gasteiger partial charge on any atom is -0.340 e. The Bertz CT molecular complexity index is 1040. The van der Waals surface area contributed by atoms with Gasteiger partial charge < -0.3 is 10.6 Å². The number of nitrogens with one attached hydrogen (secondary N) is 3.